The number of rotatable bonds is 5. The smallest absolute Gasteiger partial charge is 0.260 e. The van der Waals surface area contributed by atoms with Gasteiger partial charge in [0.05, 0.1) is 0 Å². The lowest BCUT2D eigenvalue weighted by Gasteiger charge is -2.18. The van der Waals surface area contributed by atoms with Crippen LogP contribution in [0.5, 0.6) is 5.75 Å². The summed E-state index contributed by atoms with van der Waals surface area (Å²) in [5, 5.41) is 2.93. The van der Waals surface area contributed by atoms with Crippen molar-refractivity contribution in [1.29, 1.82) is 0 Å². The molecule has 0 bridgehead atoms. The standard InChI is InChI=1S/C16H24N2O2/c1-4-10(2)18-16(19)11(3)20-13-6-7-14-12(9-13)5-8-15(14)17/h6-7,9-11,15H,4-5,8,17H2,1-3H3,(H,18,19)/t10?,11?,15-/m0/s1. The van der Waals surface area contributed by atoms with Crippen molar-refractivity contribution < 1.29 is 9.53 Å². The fraction of sp³-hybridized carbons (Fsp3) is 0.562. The molecule has 3 N–H and O–H groups in total. The van der Waals surface area contributed by atoms with Crippen LogP contribution in [0.2, 0.25) is 0 Å². The third-order valence-corrected chi connectivity index (χ3v) is 3.92. The Hall–Kier alpha value is -1.55. The Balaban J connectivity index is 1.98. The quantitative estimate of drug-likeness (QED) is 0.867. The Labute approximate surface area is 120 Å². The Morgan fingerprint density at radius 1 is 1.50 bits per heavy atom. The first kappa shape index (κ1) is 14.9. The maximum absolute atomic E-state index is 11.9. The number of nitrogens with one attached hydrogen (secondary N) is 1. The number of aryl methyl sites for hydroxylation is 1. The van der Waals surface area contributed by atoms with Gasteiger partial charge in [-0.2, -0.15) is 0 Å². The topological polar surface area (TPSA) is 64.3 Å². The predicted octanol–water partition coefficient (Wildman–Crippen LogP) is 2.31. The average molecular weight is 276 g/mol. The molecule has 0 spiro atoms. The predicted molar refractivity (Wildman–Crippen MR) is 79.7 cm³/mol. The van der Waals surface area contributed by atoms with Crippen LogP contribution in [-0.2, 0) is 11.2 Å². The monoisotopic (exact) mass is 276 g/mol. The number of benzene rings is 1. The molecule has 1 aromatic carbocycles. The number of nitrogens with two attached hydrogens (primary N) is 1. The average Bonchev–Trinajstić information content (AvgIpc) is 2.79. The van der Waals surface area contributed by atoms with E-state index >= 15 is 0 Å². The zero-order valence-electron chi connectivity index (χ0n) is 12.5. The Morgan fingerprint density at radius 2 is 2.25 bits per heavy atom. The molecule has 0 heterocycles. The molecule has 4 nitrogen and oxygen atoms in total. The van der Waals surface area contributed by atoms with Crippen molar-refractivity contribution in [3.05, 3.63) is 29.3 Å². The highest BCUT2D eigenvalue weighted by Crippen LogP contribution is 2.32. The van der Waals surface area contributed by atoms with Crippen LogP contribution in [-0.4, -0.2) is 18.1 Å². The number of amides is 1. The van der Waals surface area contributed by atoms with Crippen LogP contribution in [0.1, 0.15) is 50.8 Å². The minimum absolute atomic E-state index is 0.0726. The van der Waals surface area contributed by atoms with Gasteiger partial charge in [-0.15, -0.1) is 0 Å². The van der Waals surface area contributed by atoms with Gasteiger partial charge in [0, 0.05) is 12.1 Å². The van der Waals surface area contributed by atoms with E-state index in [0.29, 0.717) is 0 Å². The molecule has 0 fully saturated rings. The van der Waals surface area contributed by atoms with E-state index in [1.54, 1.807) is 6.92 Å². The van der Waals surface area contributed by atoms with Crippen molar-refractivity contribution in [2.75, 3.05) is 0 Å². The Bertz CT molecular complexity index is 487. The first-order valence-electron chi connectivity index (χ1n) is 7.36. The van der Waals surface area contributed by atoms with Crippen molar-refractivity contribution in [3.63, 3.8) is 0 Å². The number of ether oxygens (including phenoxy) is 1. The normalized spacial score (nSPS) is 20.1. The molecular formula is C16H24N2O2. The molecule has 0 saturated carbocycles. The van der Waals surface area contributed by atoms with E-state index in [4.69, 9.17) is 10.5 Å². The molecule has 1 amide bonds. The largest absolute Gasteiger partial charge is 0.481 e. The van der Waals surface area contributed by atoms with E-state index in [-0.39, 0.29) is 18.0 Å². The Morgan fingerprint density at radius 3 is 2.95 bits per heavy atom. The number of carbonyl (C=O) groups excluding carboxylic acids is 1. The van der Waals surface area contributed by atoms with Crippen LogP contribution in [0.15, 0.2) is 18.2 Å². The maximum Gasteiger partial charge on any atom is 0.260 e. The summed E-state index contributed by atoms with van der Waals surface area (Å²) in [6.45, 7) is 5.80. The molecule has 2 rings (SSSR count). The highest BCUT2D eigenvalue weighted by atomic mass is 16.5. The Kier molecular flexibility index (Phi) is 4.65. The van der Waals surface area contributed by atoms with Gasteiger partial charge in [-0.1, -0.05) is 13.0 Å². The van der Waals surface area contributed by atoms with Crippen molar-refractivity contribution in [1.82, 2.24) is 5.32 Å². The van der Waals surface area contributed by atoms with Crippen molar-refractivity contribution in [2.45, 2.75) is 58.2 Å². The number of carbonyl (C=O) groups is 1. The van der Waals surface area contributed by atoms with Gasteiger partial charge in [0.1, 0.15) is 5.75 Å². The molecule has 3 atom stereocenters. The van der Waals surface area contributed by atoms with Gasteiger partial charge in [0.15, 0.2) is 6.10 Å². The van der Waals surface area contributed by atoms with Gasteiger partial charge >= 0.3 is 0 Å². The van der Waals surface area contributed by atoms with E-state index in [0.717, 1.165) is 25.0 Å². The van der Waals surface area contributed by atoms with E-state index in [1.165, 1.54) is 11.1 Å². The van der Waals surface area contributed by atoms with Gasteiger partial charge in [0.2, 0.25) is 0 Å². The molecule has 4 heteroatoms. The third-order valence-electron chi connectivity index (χ3n) is 3.92. The van der Waals surface area contributed by atoms with Crippen LogP contribution in [0.25, 0.3) is 0 Å². The number of fused-ring (bicyclic) bond motifs is 1. The lowest BCUT2D eigenvalue weighted by molar-refractivity contribution is -0.127. The number of hydrogen-bond donors (Lipinski definition) is 2. The summed E-state index contributed by atoms with van der Waals surface area (Å²) in [5.41, 5.74) is 8.45. The molecule has 1 aliphatic carbocycles. The maximum atomic E-state index is 11.9. The van der Waals surface area contributed by atoms with Gasteiger partial charge in [-0.3, -0.25) is 4.79 Å². The molecule has 2 unspecified atom stereocenters. The van der Waals surface area contributed by atoms with E-state index < -0.39 is 6.10 Å². The fourth-order valence-corrected chi connectivity index (χ4v) is 2.42. The van der Waals surface area contributed by atoms with Gasteiger partial charge in [0.25, 0.3) is 5.91 Å². The first-order chi connectivity index (χ1) is 9.51. The molecule has 110 valence electrons. The lowest BCUT2D eigenvalue weighted by atomic mass is 10.1. The van der Waals surface area contributed by atoms with Crippen LogP contribution >= 0.6 is 0 Å². The van der Waals surface area contributed by atoms with Gasteiger partial charge < -0.3 is 15.8 Å². The minimum atomic E-state index is -0.489. The summed E-state index contributed by atoms with van der Waals surface area (Å²) in [6.07, 6.45) is 2.40. The highest BCUT2D eigenvalue weighted by molar-refractivity contribution is 5.80. The van der Waals surface area contributed by atoms with Crippen LogP contribution in [0.3, 0.4) is 0 Å². The van der Waals surface area contributed by atoms with E-state index in [2.05, 4.69) is 5.32 Å². The molecule has 1 aliphatic rings. The summed E-state index contributed by atoms with van der Waals surface area (Å²) in [6, 6.07) is 6.24. The third kappa shape index (κ3) is 3.31. The van der Waals surface area contributed by atoms with Crippen LogP contribution in [0.4, 0.5) is 0 Å². The van der Waals surface area contributed by atoms with Crippen molar-refractivity contribution in [3.8, 4) is 5.75 Å². The summed E-state index contributed by atoms with van der Waals surface area (Å²) < 4.78 is 5.73. The summed E-state index contributed by atoms with van der Waals surface area (Å²) >= 11 is 0. The molecular weight excluding hydrogens is 252 g/mol. The van der Waals surface area contributed by atoms with Crippen LogP contribution in [0, 0.1) is 0 Å². The zero-order chi connectivity index (χ0) is 14.7. The van der Waals surface area contributed by atoms with Crippen molar-refractivity contribution in [2.24, 2.45) is 5.73 Å². The minimum Gasteiger partial charge on any atom is -0.481 e. The number of hydrogen-bond acceptors (Lipinski definition) is 3. The summed E-state index contributed by atoms with van der Waals surface area (Å²) in [4.78, 5) is 11.9. The fourth-order valence-electron chi connectivity index (χ4n) is 2.42. The van der Waals surface area contributed by atoms with Gasteiger partial charge in [-0.25, -0.2) is 0 Å². The highest BCUT2D eigenvalue weighted by Gasteiger charge is 2.21. The molecule has 0 aromatic heterocycles. The van der Waals surface area contributed by atoms with E-state index in [1.807, 2.05) is 32.0 Å². The molecule has 1 aromatic rings. The second-order valence-electron chi connectivity index (χ2n) is 5.58. The summed E-state index contributed by atoms with van der Waals surface area (Å²) in [5.74, 6) is 0.668. The zero-order valence-corrected chi connectivity index (χ0v) is 12.5. The van der Waals surface area contributed by atoms with Crippen LogP contribution < -0.4 is 15.8 Å². The molecule has 20 heavy (non-hydrogen) atoms. The SMILES string of the molecule is CCC(C)NC(=O)C(C)Oc1ccc2c(c1)CC[C@@H]2N. The second kappa shape index (κ2) is 6.27. The molecule has 0 aliphatic heterocycles. The molecule has 0 saturated heterocycles. The summed E-state index contributed by atoms with van der Waals surface area (Å²) in [7, 11) is 0. The second-order valence-corrected chi connectivity index (χ2v) is 5.58. The molecule has 0 radical (unpaired) electrons. The van der Waals surface area contributed by atoms with Crippen molar-refractivity contribution >= 4 is 5.91 Å². The van der Waals surface area contributed by atoms with E-state index in [9.17, 15) is 4.79 Å². The first-order valence-corrected chi connectivity index (χ1v) is 7.36. The lowest BCUT2D eigenvalue weighted by Crippen LogP contribution is -2.40. The van der Waals surface area contributed by atoms with Gasteiger partial charge in [-0.05, 0) is 56.4 Å².